The molecule has 3 aromatic rings. The van der Waals surface area contributed by atoms with Crippen LogP contribution in [0.25, 0.3) is 11.0 Å². The number of nitrogens with one attached hydrogen (secondary N) is 2. The van der Waals surface area contributed by atoms with Gasteiger partial charge in [-0.3, -0.25) is 24.5 Å². The Morgan fingerprint density at radius 2 is 1.88 bits per heavy atom. The van der Waals surface area contributed by atoms with Crippen molar-refractivity contribution in [3.05, 3.63) is 65.4 Å². The van der Waals surface area contributed by atoms with Crippen LogP contribution < -0.4 is 16.5 Å². The molecule has 0 saturated carbocycles. The van der Waals surface area contributed by atoms with E-state index in [1.54, 1.807) is 29.2 Å². The van der Waals surface area contributed by atoms with E-state index in [1.165, 1.54) is 0 Å². The number of nitrogens with two attached hydrogens (primary N) is 1. The van der Waals surface area contributed by atoms with Gasteiger partial charge in [-0.05, 0) is 81.0 Å². The summed E-state index contributed by atoms with van der Waals surface area (Å²) in [6, 6.07) is 13.6. The van der Waals surface area contributed by atoms with Gasteiger partial charge in [0, 0.05) is 36.3 Å². The summed E-state index contributed by atoms with van der Waals surface area (Å²) in [7, 11) is 0. The van der Waals surface area contributed by atoms with E-state index in [1.807, 2.05) is 36.1 Å². The molecular formula is C30H36N6O5. The van der Waals surface area contributed by atoms with Crippen molar-refractivity contribution in [3.63, 3.8) is 0 Å². The summed E-state index contributed by atoms with van der Waals surface area (Å²) in [6.07, 6.45) is 4.06. The van der Waals surface area contributed by atoms with Gasteiger partial charge in [-0.2, -0.15) is 0 Å². The first-order valence-corrected chi connectivity index (χ1v) is 14.0. The van der Waals surface area contributed by atoms with Gasteiger partial charge in [0.2, 0.25) is 17.8 Å². The Morgan fingerprint density at radius 3 is 2.68 bits per heavy atom. The Labute approximate surface area is 238 Å². The number of anilines is 1. The Morgan fingerprint density at radius 1 is 1.07 bits per heavy atom. The van der Waals surface area contributed by atoms with E-state index in [-0.39, 0.29) is 30.9 Å². The summed E-state index contributed by atoms with van der Waals surface area (Å²) in [4.78, 5) is 52.6. The second kappa shape index (κ2) is 13.0. The maximum atomic E-state index is 13.6. The van der Waals surface area contributed by atoms with E-state index in [0.717, 1.165) is 61.1 Å². The number of carbonyl (C=O) groups excluding carboxylic acids is 3. The highest BCUT2D eigenvalue weighted by molar-refractivity contribution is 6.11. The number of hydrogen-bond acceptors (Lipinski definition) is 7. The molecule has 0 spiro atoms. The minimum absolute atomic E-state index is 0.0304. The molecule has 3 heterocycles. The number of furan rings is 1. The molecule has 1 atom stereocenters. The van der Waals surface area contributed by atoms with Gasteiger partial charge in [0.25, 0.3) is 5.91 Å². The SMILES string of the molecule is Cc1cc2cc(NC(=NC3CCCCN(CC(=O)N4CCCC4)C3=O)NC(=O)c3cccc(CON)c3)ccc2o1. The molecule has 0 bridgehead atoms. The number of fused-ring (bicyclic) bond motifs is 1. The van der Waals surface area contributed by atoms with Crippen LogP contribution >= 0.6 is 0 Å². The fourth-order valence-corrected chi connectivity index (χ4v) is 5.31. The number of aliphatic imine (C=N–C) groups is 1. The van der Waals surface area contributed by atoms with Gasteiger partial charge in [0.15, 0.2) is 0 Å². The van der Waals surface area contributed by atoms with Gasteiger partial charge < -0.3 is 19.5 Å². The normalized spacial score (nSPS) is 18.0. The van der Waals surface area contributed by atoms with Crippen molar-refractivity contribution in [3.8, 4) is 0 Å². The Balaban J connectivity index is 1.40. The summed E-state index contributed by atoms with van der Waals surface area (Å²) < 4.78 is 5.68. The average Bonchev–Trinajstić information content (AvgIpc) is 3.59. The van der Waals surface area contributed by atoms with Crippen LogP contribution in [0.3, 0.4) is 0 Å². The fraction of sp³-hybridized carbons (Fsp3) is 0.400. The second-order valence-corrected chi connectivity index (χ2v) is 10.5. The van der Waals surface area contributed by atoms with E-state index in [2.05, 4.69) is 10.6 Å². The summed E-state index contributed by atoms with van der Waals surface area (Å²) in [6.45, 7) is 4.07. The lowest BCUT2D eigenvalue weighted by Gasteiger charge is -2.25. The molecule has 3 amide bonds. The van der Waals surface area contributed by atoms with Crippen molar-refractivity contribution < 1.29 is 23.6 Å². The first-order valence-electron chi connectivity index (χ1n) is 14.0. The number of hydrogen-bond donors (Lipinski definition) is 3. The number of guanidine groups is 1. The van der Waals surface area contributed by atoms with Crippen molar-refractivity contribution in [2.45, 2.75) is 51.7 Å². The van der Waals surface area contributed by atoms with Crippen molar-refractivity contribution in [1.82, 2.24) is 15.1 Å². The van der Waals surface area contributed by atoms with Gasteiger partial charge in [0.05, 0.1) is 13.2 Å². The Hall–Kier alpha value is -4.22. The molecule has 1 unspecified atom stereocenters. The topological polar surface area (TPSA) is 142 Å². The summed E-state index contributed by atoms with van der Waals surface area (Å²) in [5.74, 6) is 5.48. The third-order valence-electron chi connectivity index (χ3n) is 7.40. The number of rotatable bonds is 7. The molecule has 5 rings (SSSR count). The Kier molecular flexibility index (Phi) is 8.95. The predicted molar refractivity (Wildman–Crippen MR) is 155 cm³/mol. The van der Waals surface area contributed by atoms with Crippen LogP contribution in [-0.2, 0) is 21.0 Å². The molecule has 2 aliphatic heterocycles. The first kappa shape index (κ1) is 28.3. The largest absolute Gasteiger partial charge is 0.461 e. The van der Waals surface area contributed by atoms with Gasteiger partial charge in [-0.1, -0.05) is 12.1 Å². The summed E-state index contributed by atoms with van der Waals surface area (Å²) >= 11 is 0. The fourth-order valence-electron chi connectivity index (χ4n) is 5.31. The molecule has 0 aliphatic carbocycles. The number of amides is 3. The highest BCUT2D eigenvalue weighted by Crippen LogP contribution is 2.23. The molecule has 11 nitrogen and oxygen atoms in total. The average molecular weight is 561 g/mol. The number of benzene rings is 2. The molecule has 41 heavy (non-hydrogen) atoms. The second-order valence-electron chi connectivity index (χ2n) is 10.5. The number of carbonyl (C=O) groups is 3. The van der Waals surface area contributed by atoms with Crippen molar-refractivity contribution >= 4 is 40.3 Å². The van der Waals surface area contributed by atoms with Gasteiger partial charge in [-0.25, -0.2) is 10.9 Å². The molecule has 2 aromatic carbocycles. The molecule has 4 N–H and O–H groups in total. The monoisotopic (exact) mass is 560 g/mol. The molecular weight excluding hydrogens is 524 g/mol. The summed E-state index contributed by atoms with van der Waals surface area (Å²) in [5.41, 5.74) is 2.54. The molecule has 216 valence electrons. The zero-order valence-electron chi connectivity index (χ0n) is 23.2. The number of aryl methyl sites for hydroxylation is 1. The molecule has 2 saturated heterocycles. The quantitative estimate of drug-likeness (QED) is 0.229. The minimum atomic E-state index is -0.747. The molecule has 11 heteroatoms. The van der Waals surface area contributed by atoms with Crippen LogP contribution in [0.1, 0.15) is 53.8 Å². The first-order chi connectivity index (χ1) is 19.9. The molecule has 2 fully saturated rings. The van der Waals surface area contributed by atoms with Crippen molar-refractivity contribution in [2.24, 2.45) is 10.9 Å². The lowest BCUT2D eigenvalue weighted by Crippen LogP contribution is -2.45. The van der Waals surface area contributed by atoms with E-state index in [0.29, 0.717) is 24.2 Å². The molecule has 1 aromatic heterocycles. The zero-order chi connectivity index (χ0) is 28.8. The van der Waals surface area contributed by atoms with Crippen LogP contribution in [0.5, 0.6) is 0 Å². The van der Waals surface area contributed by atoms with Crippen LogP contribution in [0.4, 0.5) is 5.69 Å². The van der Waals surface area contributed by atoms with Crippen molar-refractivity contribution in [2.75, 3.05) is 31.5 Å². The van der Waals surface area contributed by atoms with Crippen molar-refractivity contribution in [1.29, 1.82) is 0 Å². The Bertz CT molecular complexity index is 1440. The third kappa shape index (κ3) is 7.11. The number of nitrogens with zero attached hydrogens (tertiary/aromatic N) is 3. The lowest BCUT2D eigenvalue weighted by molar-refractivity contribution is -0.140. The standard InChI is InChI=1S/C30H36N6O5/c1-20-15-23-17-24(10-11-26(23)41-20)32-30(34-28(38)22-8-6-7-21(16-22)19-40-31)33-25-9-2-3-14-36(29(25)39)18-27(37)35-12-4-5-13-35/h6-8,10-11,15-17,25H,2-5,9,12-14,18-19,31H2,1H3,(H2,32,33,34,38). The minimum Gasteiger partial charge on any atom is -0.461 e. The zero-order valence-corrected chi connectivity index (χ0v) is 23.2. The number of likely N-dealkylation sites (tertiary alicyclic amines) is 2. The van der Waals surface area contributed by atoms with Gasteiger partial charge >= 0.3 is 0 Å². The highest BCUT2D eigenvalue weighted by Gasteiger charge is 2.30. The summed E-state index contributed by atoms with van der Waals surface area (Å²) in [5, 5.41) is 6.94. The smallest absolute Gasteiger partial charge is 0.257 e. The van der Waals surface area contributed by atoms with Crippen LogP contribution in [0, 0.1) is 6.92 Å². The maximum Gasteiger partial charge on any atom is 0.257 e. The van der Waals surface area contributed by atoms with Gasteiger partial charge in [-0.15, -0.1) is 0 Å². The highest BCUT2D eigenvalue weighted by atomic mass is 16.6. The maximum absolute atomic E-state index is 13.6. The third-order valence-corrected chi connectivity index (χ3v) is 7.40. The van der Waals surface area contributed by atoms with Crippen LogP contribution in [0.2, 0.25) is 0 Å². The molecule has 2 aliphatic rings. The van der Waals surface area contributed by atoms with Crippen LogP contribution in [0.15, 0.2) is 57.9 Å². The van der Waals surface area contributed by atoms with Crippen LogP contribution in [-0.4, -0.2) is 65.7 Å². The van der Waals surface area contributed by atoms with Gasteiger partial charge in [0.1, 0.15) is 17.4 Å². The van der Waals surface area contributed by atoms with E-state index >= 15 is 0 Å². The van der Waals surface area contributed by atoms with E-state index in [4.69, 9.17) is 20.1 Å². The lowest BCUT2D eigenvalue weighted by atomic mass is 10.1. The van der Waals surface area contributed by atoms with E-state index in [9.17, 15) is 14.4 Å². The predicted octanol–water partition coefficient (Wildman–Crippen LogP) is 3.33. The molecule has 0 radical (unpaired) electrons. The van der Waals surface area contributed by atoms with E-state index < -0.39 is 11.9 Å².